The summed E-state index contributed by atoms with van der Waals surface area (Å²) in [5.74, 6) is -0.345. The van der Waals surface area contributed by atoms with Gasteiger partial charge in [0.1, 0.15) is 18.3 Å². The topological polar surface area (TPSA) is 114 Å². The summed E-state index contributed by atoms with van der Waals surface area (Å²) in [6, 6.07) is 24.1. The van der Waals surface area contributed by atoms with E-state index in [2.05, 4.69) is 21.2 Å². The Morgan fingerprint density at radius 3 is 2.10 bits per heavy atom. The molecular formula is C36H39BrClN3O7S. The molecule has 4 aromatic carbocycles. The van der Waals surface area contributed by atoms with Crippen LogP contribution in [0.25, 0.3) is 0 Å². The number of nitrogens with zero attached hydrogens (tertiary/aromatic N) is 2. The lowest BCUT2D eigenvalue weighted by Crippen LogP contribution is -2.54. The van der Waals surface area contributed by atoms with Crippen LogP contribution in [0.5, 0.6) is 17.2 Å². The maximum Gasteiger partial charge on any atom is 0.265 e. The molecule has 0 aliphatic carbocycles. The van der Waals surface area contributed by atoms with Gasteiger partial charge in [0.25, 0.3) is 10.0 Å². The fourth-order valence-electron chi connectivity index (χ4n) is 5.24. The molecule has 0 unspecified atom stereocenters. The summed E-state index contributed by atoms with van der Waals surface area (Å²) < 4.78 is 47.1. The molecule has 1 N–H and O–H groups in total. The molecule has 260 valence electrons. The Bertz CT molecular complexity index is 1880. The number of halogens is 2. The van der Waals surface area contributed by atoms with Crippen LogP contribution in [0.1, 0.15) is 25.0 Å². The zero-order valence-electron chi connectivity index (χ0n) is 27.9. The van der Waals surface area contributed by atoms with Crippen LogP contribution in [0.15, 0.2) is 100 Å². The first-order valence-corrected chi connectivity index (χ1v) is 18.0. The van der Waals surface area contributed by atoms with E-state index >= 15 is 0 Å². The van der Waals surface area contributed by atoms with Crippen LogP contribution in [-0.4, -0.2) is 65.1 Å². The molecule has 0 bridgehead atoms. The molecule has 4 rings (SSSR count). The lowest BCUT2D eigenvalue weighted by molar-refractivity contribution is -0.140. The average molecular weight is 773 g/mol. The SMILES string of the molecule is COc1ccc(S(=O)(=O)N(CC(=O)N(Cc2cccc(Br)c2)[C@H](Cc2ccccc2)C(=O)NC(C)C)c2cc(Cl)ccc2OC)cc1OC. The first kappa shape index (κ1) is 37.6. The van der Waals surface area contributed by atoms with Gasteiger partial charge in [0.2, 0.25) is 11.8 Å². The average Bonchev–Trinajstić information content (AvgIpc) is 3.08. The normalized spacial score (nSPS) is 11.8. The van der Waals surface area contributed by atoms with Crippen molar-refractivity contribution in [3.63, 3.8) is 0 Å². The zero-order valence-corrected chi connectivity index (χ0v) is 31.0. The number of nitrogens with one attached hydrogen (secondary N) is 1. The van der Waals surface area contributed by atoms with E-state index in [1.54, 1.807) is 6.07 Å². The third-order valence-electron chi connectivity index (χ3n) is 7.58. The van der Waals surface area contributed by atoms with E-state index in [9.17, 15) is 18.0 Å². The molecule has 0 radical (unpaired) electrons. The summed E-state index contributed by atoms with van der Waals surface area (Å²) in [5, 5.41) is 3.17. The van der Waals surface area contributed by atoms with Gasteiger partial charge >= 0.3 is 0 Å². The summed E-state index contributed by atoms with van der Waals surface area (Å²) >= 11 is 9.88. The highest BCUT2D eigenvalue weighted by atomic mass is 79.9. The standard InChI is InChI=1S/C36H39BrClN3O7S/c1-24(2)39-36(43)31(19-25-10-7-6-8-11-25)40(22-26-12-9-13-27(37)18-26)35(42)23-41(30-20-28(38)14-16-32(30)46-3)49(44,45)29-15-17-33(47-4)34(21-29)48-5/h6-18,20-21,24,31H,19,22-23H2,1-5H3,(H,39,43)/t31-/m1/s1. The van der Waals surface area contributed by atoms with E-state index in [4.69, 9.17) is 25.8 Å². The minimum absolute atomic E-state index is 0.0121. The fourth-order valence-corrected chi connectivity index (χ4v) is 7.29. The summed E-state index contributed by atoms with van der Waals surface area (Å²) in [4.78, 5) is 29.9. The Morgan fingerprint density at radius 1 is 0.816 bits per heavy atom. The number of sulfonamides is 1. The van der Waals surface area contributed by atoms with Crippen LogP contribution in [0, 0.1) is 0 Å². The van der Waals surface area contributed by atoms with Gasteiger partial charge in [0, 0.05) is 34.6 Å². The van der Waals surface area contributed by atoms with Crippen molar-refractivity contribution in [1.82, 2.24) is 10.2 Å². The first-order chi connectivity index (χ1) is 23.4. The molecule has 10 nitrogen and oxygen atoms in total. The minimum Gasteiger partial charge on any atom is -0.495 e. The Balaban J connectivity index is 1.89. The van der Waals surface area contributed by atoms with Crippen molar-refractivity contribution in [3.8, 4) is 17.2 Å². The van der Waals surface area contributed by atoms with Gasteiger partial charge in [-0.05, 0) is 67.4 Å². The Kier molecular flexibility index (Phi) is 13.0. The molecule has 0 heterocycles. The zero-order chi connectivity index (χ0) is 35.7. The third-order valence-corrected chi connectivity index (χ3v) is 10.1. The lowest BCUT2D eigenvalue weighted by Gasteiger charge is -2.34. The second-order valence-corrected chi connectivity index (χ2v) is 14.6. The predicted octanol–water partition coefficient (Wildman–Crippen LogP) is 6.49. The molecule has 0 aliphatic heterocycles. The molecule has 2 amide bonds. The second kappa shape index (κ2) is 16.9. The third kappa shape index (κ3) is 9.46. The molecule has 0 saturated carbocycles. The van der Waals surface area contributed by atoms with Crippen LogP contribution >= 0.6 is 27.5 Å². The Labute approximate surface area is 301 Å². The van der Waals surface area contributed by atoms with Crippen LogP contribution in [-0.2, 0) is 32.6 Å². The van der Waals surface area contributed by atoms with E-state index in [1.165, 1.54) is 56.6 Å². The van der Waals surface area contributed by atoms with Crippen LogP contribution in [0.2, 0.25) is 5.02 Å². The maximum absolute atomic E-state index is 14.7. The van der Waals surface area contributed by atoms with Crippen molar-refractivity contribution in [3.05, 3.63) is 112 Å². The number of hydrogen-bond acceptors (Lipinski definition) is 7. The Morgan fingerprint density at radius 2 is 1.47 bits per heavy atom. The van der Waals surface area contributed by atoms with Crippen molar-refractivity contribution in [2.24, 2.45) is 0 Å². The summed E-state index contributed by atoms with van der Waals surface area (Å²) in [5.41, 5.74) is 1.59. The summed E-state index contributed by atoms with van der Waals surface area (Å²) in [7, 11) is -0.266. The van der Waals surface area contributed by atoms with Crippen LogP contribution in [0.3, 0.4) is 0 Å². The van der Waals surface area contributed by atoms with Crippen molar-refractivity contribution in [1.29, 1.82) is 0 Å². The van der Waals surface area contributed by atoms with Gasteiger partial charge in [-0.15, -0.1) is 0 Å². The maximum atomic E-state index is 14.7. The number of rotatable bonds is 15. The van der Waals surface area contributed by atoms with Crippen LogP contribution < -0.4 is 23.8 Å². The molecule has 1 atom stereocenters. The molecule has 0 fully saturated rings. The van der Waals surface area contributed by atoms with Gasteiger partial charge in [-0.1, -0.05) is 70.0 Å². The highest BCUT2D eigenvalue weighted by Gasteiger charge is 2.36. The highest BCUT2D eigenvalue weighted by molar-refractivity contribution is 9.10. The van der Waals surface area contributed by atoms with Crippen molar-refractivity contribution >= 4 is 55.1 Å². The largest absolute Gasteiger partial charge is 0.495 e. The van der Waals surface area contributed by atoms with Gasteiger partial charge in [0.15, 0.2) is 11.5 Å². The number of carbonyl (C=O) groups is 2. The van der Waals surface area contributed by atoms with E-state index in [0.29, 0.717) is 5.75 Å². The second-order valence-electron chi connectivity index (χ2n) is 11.4. The molecule has 0 saturated heterocycles. The van der Waals surface area contributed by atoms with E-state index in [-0.39, 0.29) is 52.0 Å². The van der Waals surface area contributed by atoms with Gasteiger partial charge < -0.3 is 24.4 Å². The number of anilines is 1. The van der Waals surface area contributed by atoms with Gasteiger partial charge in [0.05, 0.1) is 31.9 Å². The number of methoxy groups -OCH3 is 3. The van der Waals surface area contributed by atoms with E-state index < -0.39 is 28.5 Å². The number of carbonyl (C=O) groups excluding carboxylic acids is 2. The van der Waals surface area contributed by atoms with Crippen LogP contribution in [0.4, 0.5) is 5.69 Å². The molecule has 0 aliphatic rings. The lowest BCUT2D eigenvalue weighted by atomic mass is 10.0. The first-order valence-electron chi connectivity index (χ1n) is 15.3. The molecule has 13 heteroatoms. The molecule has 49 heavy (non-hydrogen) atoms. The smallest absolute Gasteiger partial charge is 0.265 e. The Hall–Kier alpha value is -4.26. The summed E-state index contributed by atoms with van der Waals surface area (Å²) in [6.45, 7) is 2.99. The van der Waals surface area contributed by atoms with Crippen molar-refractivity contribution < 1.29 is 32.2 Å². The molecule has 0 aromatic heterocycles. The number of benzene rings is 4. The van der Waals surface area contributed by atoms with E-state index in [0.717, 1.165) is 19.9 Å². The minimum atomic E-state index is -4.49. The number of hydrogen-bond donors (Lipinski definition) is 1. The molecular weight excluding hydrogens is 734 g/mol. The van der Waals surface area contributed by atoms with Crippen molar-refractivity contribution in [2.75, 3.05) is 32.2 Å². The number of ether oxygens (including phenoxy) is 3. The number of amides is 2. The van der Waals surface area contributed by atoms with Gasteiger partial charge in [-0.25, -0.2) is 8.42 Å². The molecule has 0 spiro atoms. The van der Waals surface area contributed by atoms with Crippen molar-refractivity contribution in [2.45, 2.75) is 43.8 Å². The fraction of sp³-hybridized carbons (Fsp3) is 0.278. The predicted molar refractivity (Wildman–Crippen MR) is 194 cm³/mol. The highest BCUT2D eigenvalue weighted by Crippen LogP contribution is 2.37. The van der Waals surface area contributed by atoms with E-state index in [1.807, 2.05) is 68.4 Å². The monoisotopic (exact) mass is 771 g/mol. The quantitative estimate of drug-likeness (QED) is 0.147. The molecule has 4 aromatic rings. The van der Waals surface area contributed by atoms with Gasteiger partial charge in [-0.2, -0.15) is 0 Å². The van der Waals surface area contributed by atoms with Gasteiger partial charge in [-0.3, -0.25) is 13.9 Å². The summed E-state index contributed by atoms with van der Waals surface area (Å²) in [6.07, 6.45) is 0.183.